The molecule has 1 aliphatic heterocycles. The lowest BCUT2D eigenvalue weighted by molar-refractivity contribution is -0.115. The summed E-state index contributed by atoms with van der Waals surface area (Å²) in [6.07, 6.45) is 0.0460. The monoisotopic (exact) mass is 300 g/mol. The van der Waals surface area contributed by atoms with Crippen LogP contribution >= 0.6 is 12.2 Å². The summed E-state index contributed by atoms with van der Waals surface area (Å²) in [5.41, 5.74) is 1.71. The molecule has 0 saturated heterocycles. The lowest BCUT2D eigenvalue weighted by Crippen LogP contribution is -2.24. The average molecular weight is 300 g/mol. The predicted molar refractivity (Wildman–Crippen MR) is 84.2 cm³/mol. The Kier molecular flexibility index (Phi) is 3.23. The van der Waals surface area contributed by atoms with E-state index in [-0.39, 0.29) is 23.8 Å². The molecule has 0 fully saturated rings. The van der Waals surface area contributed by atoms with Crippen LogP contribution in [0.4, 0.5) is 17.1 Å². The number of nitrogens with zero attached hydrogens (tertiary/aromatic N) is 1. The Morgan fingerprint density at radius 3 is 2.62 bits per heavy atom. The van der Waals surface area contributed by atoms with Crippen LogP contribution in [0.1, 0.15) is 6.42 Å². The number of aromatic hydroxyl groups is 2. The van der Waals surface area contributed by atoms with Gasteiger partial charge in [0.05, 0.1) is 28.5 Å². The largest absolute Gasteiger partial charge is 0.508 e. The minimum Gasteiger partial charge on any atom is -0.508 e. The second-order valence-electron chi connectivity index (χ2n) is 4.64. The maximum atomic E-state index is 11.8. The van der Waals surface area contributed by atoms with Crippen molar-refractivity contribution < 1.29 is 15.0 Å². The number of hydrogen-bond acceptors (Lipinski definition) is 4. The van der Waals surface area contributed by atoms with Gasteiger partial charge in [0.25, 0.3) is 0 Å². The van der Waals surface area contributed by atoms with Gasteiger partial charge < -0.3 is 15.5 Å². The van der Waals surface area contributed by atoms with Gasteiger partial charge in [-0.15, -0.1) is 0 Å². The maximum Gasteiger partial charge on any atom is 0.231 e. The van der Waals surface area contributed by atoms with Crippen molar-refractivity contribution in [2.45, 2.75) is 6.42 Å². The quantitative estimate of drug-likeness (QED) is 0.706. The molecule has 2 aromatic carbocycles. The molecule has 1 amide bonds. The van der Waals surface area contributed by atoms with Gasteiger partial charge in [-0.1, -0.05) is 24.4 Å². The van der Waals surface area contributed by atoms with Crippen molar-refractivity contribution >= 4 is 40.2 Å². The molecule has 0 atom stereocenters. The molecule has 2 aromatic rings. The van der Waals surface area contributed by atoms with Crippen molar-refractivity contribution in [2.24, 2.45) is 0 Å². The molecule has 1 heterocycles. The zero-order valence-corrected chi connectivity index (χ0v) is 11.7. The molecule has 0 saturated carbocycles. The molecule has 1 aliphatic rings. The first-order valence-corrected chi connectivity index (χ1v) is 6.71. The highest BCUT2D eigenvalue weighted by Gasteiger charge is 2.26. The van der Waals surface area contributed by atoms with E-state index in [0.717, 1.165) is 0 Å². The first-order valence-electron chi connectivity index (χ1n) is 6.30. The highest BCUT2D eigenvalue weighted by atomic mass is 32.1. The van der Waals surface area contributed by atoms with Crippen LogP contribution in [-0.2, 0) is 4.79 Å². The molecule has 0 spiro atoms. The summed E-state index contributed by atoms with van der Waals surface area (Å²) >= 11 is 5.33. The van der Waals surface area contributed by atoms with Gasteiger partial charge in [0, 0.05) is 6.07 Å². The summed E-state index contributed by atoms with van der Waals surface area (Å²) in [6, 6.07) is 11.5. The van der Waals surface area contributed by atoms with E-state index in [2.05, 4.69) is 5.32 Å². The normalized spacial score (nSPS) is 14.4. The Morgan fingerprint density at radius 2 is 1.86 bits per heavy atom. The van der Waals surface area contributed by atoms with Gasteiger partial charge in [-0.05, 0) is 24.3 Å². The van der Waals surface area contributed by atoms with Crippen LogP contribution in [0.3, 0.4) is 0 Å². The van der Waals surface area contributed by atoms with Crippen LogP contribution in [0, 0.1) is 0 Å². The number of phenolic OH excluding ortho intramolecular Hbond substituents is 2. The van der Waals surface area contributed by atoms with Gasteiger partial charge in [0.15, 0.2) is 0 Å². The number of phenols is 2. The number of fused-ring (bicyclic) bond motifs is 1. The fraction of sp³-hybridized carbons (Fsp3) is 0.0667. The fourth-order valence-corrected chi connectivity index (χ4v) is 2.61. The molecule has 0 unspecified atom stereocenters. The lowest BCUT2D eigenvalue weighted by atomic mass is 10.2. The van der Waals surface area contributed by atoms with E-state index in [1.807, 2.05) is 12.1 Å². The number of carbonyl (C=O) groups excluding carboxylic acids is 1. The van der Waals surface area contributed by atoms with Gasteiger partial charge in [-0.25, -0.2) is 0 Å². The van der Waals surface area contributed by atoms with Crippen LogP contribution in [0.25, 0.3) is 0 Å². The van der Waals surface area contributed by atoms with E-state index in [1.54, 1.807) is 23.1 Å². The SMILES string of the molecule is O=C1CC(=S)N(c2ccc(O)cc2O)c2ccccc2N1. The summed E-state index contributed by atoms with van der Waals surface area (Å²) in [4.78, 5) is 13.9. The van der Waals surface area contributed by atoms with E-state index in [0.29, 0.717) is 22.1 Å². The third-order valence-corrected chi connectivity index (χ3v) is 3.51. The number of hydrogen-bond donors (Lipinski definition) is 3. The molecule has 3 rings (SSSR count). The number of nitrogens with one attached hydrogen (secondary N) is 1. The van der Waals surface area contributed by atoms with Crippen LogP contribution in [0.2, 0.25) is 0 Å². The Labute approximate surface area is 126 Å². The number of benzene rings is 2. The van der Waals surface area contributed by atoms with Crippen LogP contribution in [0.15, 0.2) is 42.5 Å². The summed E-state index contributed by atoms with van der Waals surface area (Å²) in [6.45, 7) is 0. The summed E-state index contributed by atoms with van der Waals surface area (Å²) < 4.78 is 0. The van der Waals surface area contributed by atoms with E-state index >= 15 is 0 Å². The van der Waals surface area contributed by atoms with Gasteiger partial charge in [0.2, 0.25) is 5.91 Å². The zero-order chi connectivity index (χ0) is 15.0. The molecular weight excluding hydrogens is 288 g/mol. The molecule has 5 nitrogen and oxygen atoms in total. The Hall–Kier alpha value is -2.60. The van der Waals surface area contributed by atoms with E-state index in [4.69, 9.17) is 12.2 Å². The molecule has 0 bridgehead atoms. The minimum atomic E-state index is -0.201. The number of amides is 1. The maximum absolute atomic E-state index is 11.8. The molecule has 0 radical (unpaired) electrons. The second-order valence-corrected chi connectivity index (χ2v) is 5.12. The molecule has 3 N–H and O–H groups in total. The molecular formula is C15H12N2O3S. The minimum absolute atomic E-state index is 0.0422. The van der Waals surface area contributed by atoms with Crippen molar-refractivity contribution in [1.29, 1.82) is 0 Å². The molecule has 21 heavy (non-hydrogen) atoms. The first-order chi connectivity index (χ1) is 10.1. The van der Waals surface area contributed by atoms with Crippen molar-refractivity contribution in [3.8, 4) is 11.5 Å². The summed E-state index contributed by atoms with van der Waals surface area (Å²) in [5, 5.41) is 22.3. The van der Waals surface area contributed by atoms with Crippen molar-refractivity contribution in [2.75, 3.05) is 10.2 Å². The third-order valence-electron chi connectivity index (χ3n) is 3.18. The number of anilines is 3. The zero-order valence-electron chi connectivity index (χ0n) is 10.9. The number of thiocarbonyl (C=S) groups is 1. The molecule has 106 valence electrons. The average Bonchev–Trinajstić information content (AvgIpc) is 2.54. The Bertz CT molecular complexity index is 745. The Morgan fingerprint density at radius 1 is 1.10 bits per heavy atom. The standard InChI is InChI=1S/C15H12N2O3S/c18-9-5-6-12(13(19)7-9)17-11-4-2-1-3-10(11)16-14(20)8-15(17)21/h1-7,18-19H,8H2,(H,16,20). The van der Waals surface area contributed by atoms with Crippen LogP contribution in [0.5, 0.6) is 11.5 Å². The number of rotatable bonds is 1. The Balaban J connectivity index is 2.20. The van der Waals surface area contributed by atoms with E-state index in [1.165, 1.54) is 12.1 Å². The molecule has 0 aromatic heterocycles. The topological polar surface area (TPSA) is 72.8 Å². The third kappa shape index (κ3) is 2.41. The lowest BCUT2D eigenvalue weighted by Gasteiger charge is -2.25. The fourth-order valence-electron chi connectivity index (χ4n) is 2.28. The highest BCUT2D eigenvalue weighted by Crippen LogP contribution is 2.40. The molecule has 0 aliphatic carbocycles. The van der Waals surface area contributed by atoms with Crippen LogP contribution < -0.4 is 10.2 Å². The van der Waals surface area contributed by atoms with Crippen molar-refractivity contribution in [3.63, 3.8) is 0 Å². The number of para-hydroxylation sites is 2. The van der Waals surface area contributed by atoms with Gasteiger partial charge >= 0.3 is 0 Å². The number of carbonyl (C=O) groups is 1. The van der Waals surface area contributed by atoms with Gasteiger partial charge in [-0.3, -0.25) is 9.69 Å². The van der Waals surface area contributed by atoms with Gasteiger partial charge in [0.1, 0.15) is 11.5 Å². The van der Waals surface area contributed by atoms with Crippen molar-refractivity contribution in [3.05, 3.63) is 42.5 Å². The first kappa shape index (κ1) is 13.4. The van der Waals surface area contributed by atoms with Gasteiger partial charge in [-0.2, -0.15) is 0 Å². The molecule has 6 heteroatoms. The highest BCUT2D eigenvalue weighted by molar-refractivity contribution is 7.80. The predicted octanol–water partition coefficient (Wildman–Crippen LogP) is 2.91. The van der Waals surface area contributed by atoms with Crippen LogP contribution in [-0.4, -0.2) is 21.1 Å². The van der Waals surface area contributed by atoms with E-state index in [9.17, 15) is 15.0 Å². The summed E-state index contributed by atoms with van der Waals surface area (Å²) in [7, 11) is 0. The van der Waals surface area contributed by atoms with Crippen molar-refractivity contribution in [1.82, 2.24) is 0 Å². The smallest absolute Gasteiger partial charge is 0.231 e. The van der Waals surface area contributed by atoms with E-state index < -0.39 is 0 Å². The summed E-state index contributed by atoms with van der Waals surface area (Å²) in [5.74, 6) is -0.353. The second kappa shape index (κ2) is 5.06.